The maximum absolute atomic E-state index is 12.3. The predicted molar refractivity (Wildman–Crippen MR) is 303 cm³/mol. The molecule has 1 aromatic rings. The highest BCUT2D eigenvalue weighted by atomic mass is 32.2. The van der Waals surface area contributed by atoms with Gasteiger partial charge in [-0.3, -0.25) is 4.79 Å². The number of carbonyl (C=O) groups is 1. The van der Waals surface area contributed by atoms with Crippen LogP contribution in [0.25, 0.3) is 17.4 Å². The number of carboxylic acids is 1. The van der Waals surface area contributed by atoms with Crippen LogP contribution in [-0.2, 0) is 97.4 Å². The van der Waals surface area contributed by atoms with Crippen LogP contribution in [0.4, 0.5) is 5.69 Å². The van der Waals surface area contributed by atoms with Crippen molar-refractivity contribution in [2.45, 2.75) is 42.9 Å². The molecule has 476 valence electrons. The molecule has 0 amide bonds. The van der Waals surface area contributed by atoms with Crippen molar-refractivity contribution in [3.8, 4) is 11.3 Å². The Morgan fingerprint density at radius 3 is 1.60 bits per heavy atom. The first kappa shape index (κ1) is 72.1. The number of rotatable bonds is 50. The molecule has 2 heterocycles. The summed E-state index contributed by atoms with van der Waals surface area (Å²) >= 11 is 0. The lowest BCUT2D eigenvalue weighted by molar-refractivity contribution is -0.138. The summed E-state index contributed by atoms with van der Waals surface area (Å²) in [5.74, 6) is -1.66. The third kappa shape index (κ3) is 29.4. The summed E-state index contributed by atoms with van der Waals surface area (Å²) < 4.78 is 181. The van der Waals surface area contributed by atoms with Crippen LogP contribution in [-0.4, -0.2) is 240 Å². The first-order chi connectivity index (χ1) is 40.3. The number of anilines is 1. The monoisotopic (exact) mass is 1250 g/mol. The van der Waals surface area contributed by atoms with Crippen molar-refractivity contribution in [1.82, 2.24) is 4.58 Å². The van der Waals surface area contributed by atoms with E-state index in [1.54, 1.807) is 38.3 Å². The summed E-state index contributed by atoms with van der Waals surface area (Å²) in [4.78, 5) is 11.9. The fraction of sp³-hybridized carbons (Fsp3) is 0.636. The van der Waals surface area contributed by atoms with Crippen LogP contribution in [0.15, 0.2) is 75.9 Å². The van der Waals surface area contributed by atoms with E-state index in [2.05, 4.69) is 0 Å². The minimum absolute atomic E-state index is 0.0610. The smallest absolute Gasteiger partial charge is 0.305 e. The first-order valence-electron chi connectivity index (χ1n) is 27.6. The zero-order chi connectivity index (χ0) is 60.9. The maximum Gasteiger partial charge on any atom is 0.305 e. The second kappa shape index (κ2) is 40.2. The average molecular weight is 1250 g/mol. The molecule has 26 nitrogen and oxygen atoms in total. The summed E-state index contributed by atoms with van der Waals surface area (Å²) in [6, 6.07) is 11.3. The van der Waals surface area contributed by atoms with Crippen molar-refractivity contribution >= 4 is 48.1 Å². The summed E-state index contributed by atoms with van der Waals surface area (Å²) in [6.45, 7) is 10.5. The van der Waals surface area contributed by atoms with Gasteiger partial charge < -0.3 is 84.9 Å². The Morgan fingerprint density at radius 1 is 0.607 bits per heavy atom. The second-order valence-electron chi connectivity index (χ2n) is 18.9. The first-order valence-corrected chi connectivity index (χ1v) is 32.2. The molecular weight excluding hydrogens is 1170 g/mol. The molecule has 3 aliphatic rings. The average Bonchev–Trinajstić information content (AvgIpc) is 1.71. The number of aliphatic carboxylic acids is 1. The summed E-state index contributed by atoms with van der Waals surface area (Å²) in [6.07, 6.45) is 6.96. The maximum atomic E-state index is 12.3. The van der Waals surface area contributed by atoms with E-state index in [9.17, 15) is 43.7 Å². The Labute approximate surface area is 493 Å². The van der Waals surface area contributed by atoms with Crippen LogP contribution in [0.1, 0.15) is 43.7 Å². The molecule has 2 aliphatic heterocycles. The van der Waals surface area contributed by atoms with E-state index in [4.69, 9.17) is 66.4 Å². The molecular formula is C55H82N2O24S3-2. The molecule has 29 heteroatoms. The van der Waals surface area contributed by atoms with Crippen molar-refractivity contribution in [3.05, 3.63) is 83.1 Å². The number of ether oxygens (including phenoxy) is 12. The van der Waals surface area contributed by atoms with Gasteiger partial charge in [0.1, 0.15) is 29.0 Å². The quantitative estimate of drug-likeness (QED) is 0.0481. The van der Waals surface area contributed by atoms with E-state index in [1.165, 1.54) is 24.5 Å². The number of nitrogens with zero attached hydrogens (tertiary/aromatic N) is 2. The molecule has 4 rings (SSSR count). The van der Waals surface area contributed by atoms with Crippen LogP contribution >= 0.6 is 0 Å². The van der Waals surface area contributed by atoms with Crippen LogP contribution in [0.2, 0.25) is 0 Å². The highest BCUT2D eigenvalue weighted by Crippen LogP contribution is 2.51. The van der Waals surface area contributed by atoms with Gasteiger partial charge in [-0.2, -0.15) is 0 Å². The van der Waals surface area contributed by atoms with Crippen LogP contribution in [0.3, 0.4) is 0 Å². The SMILES string of the molecule is COCCOCCOCCOCCOCCOCC[N+](CCCS(=O)(=O)[O-])=c1ccc2c(/C=C/C=C3/N(CCOCCOCCOCCOCCOCCOCCC(=O)O)c4ccc(S(=O)(=O)[O-])cc4C3(C)CCCS(=O)(=O)[O-])ccoc-2c1. The number of hydrogen-bond donors (Lipinski definition) is 1. The van der Waals surface area contributed by atoms with Gasteiger partial charge >= 0.3 is 5.97 Å². The molecule has 0 radical (unpaired) electrons. The van der Waals surface area contributed by atoms with Crippen LogP contribution < -0.4 is 14.8 Å². The van der Waals surface area contributed by atoms with Crippen LogP contribution in [0.5, 0.6) is 0 Å². The molecule has 0 aromatic heterocycles. The molecule has 0 fully saturated rings. The Morgan fingerprint density at radius 2 is 1.10 bits per heavy atom. The molecule has 1 aliphatic carbocycles. The zero-order valence-corrected chi connectivity index (χ0v) is 50.4. The van der Waals surface area contributed by atoms with Crippen molar-refractivity contribution in [2.75, 3.05) is 195 Å². The highest BCUT2D eigenvalue weighted by Gasteiger charge is 2.43. The predicted octanol–water partition coefficient (Wildman–Crippen LogP) is 2.30. The minimum atomic E-state index is -4.90. The fourth-order valence-electron chi connectivity index (χ4n) is 8.61. The minimum Gasteiger partial charge on any atom is -0.748 e. The topological polar surface area (TPSA) is 339 Å². The molecule has 1 aromatic carbocycles. The molecule has 0 saturated carbocycles. The van der Waals surface area contributed by atoms with Gasteiger partial charge in [0.25, 0.3) is 0 Å². The van der Waals surface area contributed by atoms with Gasteiger partial charge in [-0.1, -0.05) is 12.2 Å². The molecule has 1 atom stereocenters. The number of carboxylic acid groups (broad SMARTS) is 1. The van der Waals surface area contributed by atoms with Crippen molar-refractivity contribution < 1.29 is 110 Å². The van der Waals surface area contributed by atoms with Gasteiger partial charge in [-0.25, -0.2) is 29.8 Å². The Bertz CT molecular complexity index is 2810. The number of allylic oxidation sites excluding steroid dienone is 3. The van der Waals surface area contributed by atoms with Crippen molar-refractivity contribution in [2.24, 2.45) is 0 Å². The second-order valence-corrected chi connectivity index (χ2v) is 23.4. The molecule has 0 saturated heterocycles. The number of fused-ring (bicyclic) bond motifs is 2. The zero-order valence-electron chi connectivity index (χ0n) is 47.9. The lowest BCUT2D eigenvalue weighted by atomic mass is 9.77. The lowest BCUT2D eigenvalue weighted by Crippen LogP contribution is -2.35. The van der Waals surface area contributed by atoms with E-state index in [0.29, 0.717) is 159 Å². The van der Waals surface area contributed by atoms with Gasteiger partial charge in [0.05, 0.1) is 189 Å². The number of hydrogen-bond acceptors (Lipinski definition) is 24. The Balaban J connectivity index is 1.39. The van der Waals surface area contributed by atoms with Gasteiger partial charge in [0.15, 0.2) is 6.54 Å². The van der Waals surface area contributed by atoms with Gasteiger partial charge in [-0.05, 0) is 67.3 Å². The third-order valence-corrected chi connectivity index (χ3v) is 15.1. The lowest BCUT2D eigenvalue weighted by Gasteiger charge is -2.30. The van der Waals surface area contributed by atoms with Crippen molar-refractivity contribution in [1.29, 1.82) is 0 Å². The summed E-state index contributed by atoms with van der Waals surface area (Å²) in [7, 11) is -12.4. The summed E-state index contributed by atoms with van der Waals surface area (Å²) in [5, 5.41) is 9.30. The van der Waals surface area contributed by atoms with E-state index < -0.39 is 58.1 Å². The largest absolute Gasteiger partial charge is 0.748 e. The molecule has 1 N–H and O–H groups in total. The molecule has 1 unspecified atom stereocenters. The molecule has 0 spiro atoms. The Kier molecular flexibility index (Phi) is 34.5. The Hall–Kier alpha value is -4.35. The number of methoxy groups -OCH3 is 1. The van der Waals surface area contributed by atoms with E-state index in [-0.39, 0.29) is 71.8 Å². The number of benzene rings is 2. The van der Waals surface area contributed by atoms with Crippen molar-refractivity contribution in [3.63, 3.8) is 0 Å². The third-order valence-electron chi connectivity index (χ3n) is 12.7. The van der Waals surface area contributed by atoms with Gasteiger partial charge in [0, 0.05) is 60.0 Å². The normalized spacial score (nSPS) is 15.7. The van der Waals surface area contributed by atoms with Crippen LogP contribution in [0, 0.1) is 0 Å². The fourth-order valence-corrected chi connectivity index (χ4v) is 10.1. The van der Waals surface area contributed by atoms with Gasteiger partial charge in [-0.15, -0.1) is 0 Å². The molecule has 84 heavy (non-hydrogen) atoms. The standard InChI is InChI=1S/C55H84N2O24S3/c1-55(14-4-42-82(60,61)62)50-45-48(84(66,67)68)9-11-51(50)57(17-21-72-26-29-76-34-37-80-41-40-78-35-32-74-27-24-70-18-13-54(58)59)53(55)7-3-6-46-12-19-81-52-44-47(8-10-49(46)52)56(15-5-43-83(63,64)65)16-20-71-25-28-75-33-36-79-39-38-77-31-30-73-23-22-69-2/h3,6-12,19,44-45H,4-5,13-18,20-43H2,1-2H3,(H3-,58,59,60,61,62,63,64,65,66,67,68)/p-2. The van der Waals surface area contributed by atoms with E-state index in [1.807, 2.05) is 27.7 Å². The molecule has 0 bridgehead atoms. The van der Waals surface area contributed by atoms with Gasteiger partial charge in [0.2, 0.25) is 5.36 Å². The summed E-state index contributed by atoms with van der Waals surface area (Å²) in [5.41, 5.74) is 1.97. The van der Waals surface area contributed by atoms with E-state index >= 15 is 0 Å². The van der Waals surface area contributed by atoms with E-state index in [0.717, 1.165) is 5.56 Å². The highest BCUT2D eigenvalue weighted by molar-refractivity contribution is 7.86.